The third-order valence-electron chi connectivity index (χ3n) is 2.24. The summed E-state index contributed by atoms with van der Waals surface area (Å²) in [4.78, 5) is 22.5. The van der Waals surface area contributed by atoms with E-state index in [9.17, 15) is 9.59 Å². The number of carbonyl (C=O) groups excluding carboxylic acids is 2. The molecular formula is C12H15NO2. The van der Waals surface area contributed by atoms with Gasteiger partial charge < -0.3 is 4.57 Å². The van der Waals surface area contributed by atoms with Gasteiger partial charge >= 0.3 is 0 Å². The number of hydrogen-bond donors (Lipinski definition) is 0. The highest BCUT2D eigenvalue weighted by atomic mass is 16.1. The van der Waals surface area contributed by atoms with Crippen LogP contribution in [0.25, 0.3) is 0 Å². The lowest BCUT2D eigenvalue weighted by Gasteiger charge is -2.03. The van der Waals surface area contributed by atoms with Crippen LogP contribution in [-0.4, -0.2) is 16.1 Å². The first-order valence-corrected chi connectivity index (χ1v) is 4.89. The largest absolute Gasteiger partial charge is 0.344 e. The third kappa shape index (κ3) is 2.65. The highest BCUT2D eigenvalue weighted by molar-refractivity contribution is 5.99. The summed E-state index contributed by atoms with van der Waals surface area (Å²) < 4.78 is 1.81. The molecule has 0 bridgehead atoms. The number of allylic oxidation sites excluding steroid dienone is 1. The summed E-state index contributed by atoms with van der Waals surface area (Å²) in [6, 6.07) is 1.65. The van der Waals surface area contributed by atoms with E-state index in [-0.39, 0.29) is 11.6 Å². The predicted molar refractivity (Wildman–Crippen MR) is 59.3 cm³/mol. The van der Waals surface area contributed by atoms with Gasteiger partial charge in [-0.05, 0) is 19.4 Å². The fourth-order valence-electron chi connectivity index (χ4n) is 1.42. The van der Waals surface area contributed by atoms with Crippen LogP contribution in [-0.2, 0) is 6.54 Å². The Morgan fingerprint density at radius 3 is 2.53 bits per heavy atom. The van der Waals surface area contributed by atoms with Gasteiger partial charge in [0, 0.05) is 25.2 Å². The maximum atomic E-state index is 11.3. The minimum atomic E-state index is -0.0217. The van der Waals surface area contributed by atoms with Crippen molar-refractivity contribution in [1.82, 2.24) is 4.57 Å². The topological polar surface area (TPSA) is 39.1 Å². The number of rotatable bonds is 5. The van der Waals surface area contributed by atoms with E-state index in [2.05, 4.69) is 6.58 Å². The monoisotopic (exact) mass is 205 g/mol. The second-order valence-electron chi connectivity index (χ2n) is 3.50. The van der Waals surface area contributed by atoms with E-state index in [1.165, 1.54) is 13.8 Å². The van der Waals surface area contributed by atoms with Crippen molar-refractivity contribution in [2.24, 2.45) is 0 Å². The van der Waals surface area contributed by atoms with Crippen LogP contribution >= 0.6 is 0 Å². The minimum Gasteiger partial charge on any atom is -0.344 e. The lowest BCUT2D eigenvalue weighted by Crippen LogP contribution is -2.04. The van der Waals surface area contributed by atoms with Gasteiger partial charge in [-0.15, -0.1) is 6.58 Å². The summed E-state index contributed by atoms with van der Waals surface area (Å²) in [5, 5.41) is 0. The van der Waals surface area contributed by atoms with Gasteiger partial charge in [-0.25, -0.2) is 0 Å². The SMILES string of the molecule is C=CCCn1cc(C(C)=O)cc1C(C)=O. The van der Waals surface area contributed by atoms with Crippen LogP contribution in [0.3, 0.4) is 0 Å². The average Bonchev–Trinajstić information content (AvgIpc) is 2.58. The molecule has 15 heavy (non-hydrogen) atoms. The number of hydrogen-bond acceptors (Lipinski definition) is 2. The van der Waals surface area contributed by atoms with Crippen molar-refractivity contribution in [2.75, 3.05) is 0 Å². The van der Waals surface area contributed by atoms with E-state index in [1.807, 2.05) is 0 Å². The summed E-state index contributed by atoms with van der Waals surface area (Å²) in [5.74, 6) is -0.0404. The van der Waals surface area contributed by atoms with Gasteiger partial charge in [-0.2, -0.15) is 0 Å². The first-order valence-electron chi connectivity index (χ1n) is 4.89. The molecule has 0 amide bonds. The van der Waals surface area contributed by atoms with Crippen LogP contribution in [0.5, 0.6) is 0 Å². The quantitative estimate of drug-likeness (QED) is 0.547. The zero-order chi connectivity index (χ0) is 11.4. The van der Waals surface area contributed by atoms with Gasteiger partial charge in [-0.3, -0.25) is 9.59 Å². The Labute approximate surface area is 89.4 Å². The predicted octanol–water partition coefficient (Wildman–Crippen LogP) is 2.47. The lowest BCUT2D eigenvalue weighted by atomic mass is 10.2. The maximum absolute atomic E-state index is 11.3. The highest BCUT2D eigenvalue weighted by Crippen LogP contribution is 2.11. The Bertz CT molecular complexity index is 402. The number of carbonyl (C=O) groups is 2. The summed E-state index contributed by atoms with van der Waals surface area (Å²) in [6.45, 7) is 7.31. The standard InChI is InChI=1S/C12H15NO2/c1-4-5-6-13-8-11(9(2)14)7-12(13)10(3)15/h4,7-8H,1,5-6H2,2-3H3. The van der Waals surface area contributed by atoms with E-state index in [4.69, 9.17) is 0 Å². The molecule has 0 unspecified atom stereocenters. The van der Waals surface area contributed by atoms with Gasteiger partial charge in [-0.1, -0.05) is 6.08 Å². The Kier molecular flexibility index (Phi) is 3.61. The van der Waals surface area contributed by atoms with Gasteiger partial charge in [0.1, 0.15) is 0 Å². The zero-order valence-electron chi connectivity index (χ0n) is 9.12. The van der Waals surface area contributed by atoms with Gasteiger partial charge in [0.15, 0.2) is 11.6 Å². The first kappa shape index (κ1) is 11.4. The summed E-state index contributed by atoms with van der Waals surface area (Å²) >= 11 is 0. The Morgan fingerprint density at radius 2 is 2.07 bits per heavy atom. The molecule has 1 aromatic rings. The zero-order valence-corrected chi connectivity index (χ0v) is 9.12. The molecule has 0 saturated carbocycles. The van der Waals surface area contributed by atoms with Crippen LogP contribution in [0.2, 0.25) is 0 Å². The van der Waals surface area contributed by atoms with Crippen molar-refractivity contribution in [1.29, 1.82) is 0 Å². The van der Waals surface area contributed by atoms with E-state index in [1.54, 1.807) is 22.9 Å². The van der Waals surface area contributed by atoms with Crippen molar-refractivity contribution in [3.8, 4) is 0 Å². The van der Waals surface area contributed by atoms with Crippen LogP contribution in [0.1, 0.15) is 41.1 Å². The normalized spacial score (nSPS) is 10.0. The van der Waals surface area contributed by atoms with E-state index in [0.29, 0.717) is 17.8 Å². The fraction of sp³-hybridized carbons (Fsp3) is 0.333. The fourth-order valence-corrected chi connectivity index (χ4v) is 1.42. The summed E-state index contributed by atoms with van der Waals surface area (Å²) in [7, 11) is 0. The molecule has 0 aliphatic rings. The van der Waals surface area contributed by atoms with Crippen molar-refractivity contribution < 1.29 is 9.59 Å². The summed E-state index contributed by atoms with van der Waals surface area (Å²) in [5.41, 5.74) is 1.17. The molecule has 3 nitrogen and oxygen atoms in total. The van der Waals surface area contributed by atoms with Crippen LogP contribution in [0, 0.1) is 0 Å². The second kappa shape index (κ2) is 4.73. The molecule has 0 aromatic carbocycles. The van der Waals surface area contributed by atoms with Gasteiger partial charge in [0.05, 0.1) is 5.69 Å². The maximum Gasteiger partial charge on any atom is 0.176 e. The number of aromatic nitrogens is 1. The molecule has 0 fully saturated rings. The molecule has 3 heteroatoms. The molecule has 0 aliphatic heterocycles. The van der Waals surface area contributed by atoms with Crippen LogP contribution in [0.4, 0.5) is 0 Å². The number of Topliss-reactive ketones (excluding diaryl/α,β-unsaturated/α-hetero) is 2. The number of ketones is 2. The molecular weight excluding hydrogens is 190 g/mol. The number of nitrogens with zero attached hydrogens (tertiary/aromatic N) is 1. The van der Waals surface area contributed by atoms with Gasteiger partial charge in [0.25, 0.3) is 0 Å². The van der Waals surface area contributed by atoms with Gasteiger partial charge in [0.2, 0.25) is 0 Å². The molecule has 0 saturated heterocycles. The van der Waals surface area contributed by atoms with Crippen molar-refractivity contribution in [3.05, 3.63) is 36.2 Å². The van der Waals surface area contributed by atoms with Crippen LogP contribution in [0.15, 0.2) is 24.9 Å². The first-order chi connectivity index (χ1) is 7.06. The molecule has 1 aromatic heterocycles. The molecule has 0 aliphatic carbocycles. The number of aryl methyl sites for hydroxylation is 1. The second-order valence-corrected chi connectivity index (χ2v) is 3.50. The third-order valence-corrected chi connectivity index (χ3v) is 2.24. The molecule has 0 N–H and O–H groups in total. The smallest absolute Gasteiger partial charge is 0.176 e. The molecule has 0 spiro atoms. The Hall–Kier alpha value is -1.64. The lowest BCUT2D eigenvalue weighted by molar-refractivity contribution is 0.100. The average molecular weight is 205 g/mol. The van der Waals surface area contributed by atoms with Crippen molar-refractivity contribution >= 4 is 11.6 Å². The minimum absolute atomic E-state index is 0.0187. The highest BCUT2D eigenvalue weighted by Gasteiger charge is 2.11. The molecule has 1 rings (SSSR count). The van der Waals surface area contributed by atoms with Crippen molar-refractivity contribution in [2.45, 2.75) is 26.8 Å². The Morgan fingerprint density at radius 1 is 1.40 bits per heavy atom. The van der Waals surface area contributed by atoms with Crippen molar-refractivity contribution in [3.63, 3.8) is 0 Å². The van der Waals surface area contributed by atoms with E-state index >= 15 is 0 Å². The molecule has 1 heterocycles. The van der Waals surface area contributed by atoms with Crippen LogP contribution < -0.4 is 0 Å². The molecule has 80 valence electrons. The Balaban J connectivity index is 3.05. The molecule has 0 radical (unpaired) electrons. The molecule has 0 atom stereocenters. The summed E-state index contributed by atoms with van der Waals surface area (Å²) in [6.07, 6.45) is 4.30. The van der Waals surface area contributed by atoms with E-state index < -0.39 is 0 Å². The van der Waals surface area contributed by atoms with E-state index in [0.717, 1.165) is 6.42 Å².